The van der Waals surface area contributed by atoms with Gasteiger partial charge in [0, 0.05) is 131 Å². The number of aldehydes is 1. The molecule has 4 aliphatic heterocycles. The first-order valence-electron chi connectivity index (χ1n) is 38.6. The van der Waals surface area contributed by atoms with Crippen LogP contribution < -0.4 is 25.6 Å². The number of halogens is 4. The molecule has 5 aromatic carbocycles. The molecule has 0 saturated carbocycles. The standard InChI is InChI=1S/C82H105ClF3N11O10S4/c1-57(59-19-21-61(22-20-59)75-58(2)87-56-109-75)88-78(101)72-17-13-36-97(72)79(102)76(80(3,4)5)90-74(99)18-12-7-9-14-67(53-98)96-44-40-94(41-45-96)55-81(6)35-33-70(60-23-27-64(83)28-24-60)63(51-81)52-93-38-42-95(43-39-93)66-29-25-62(26-30-66)77(100)91-111(105,106)69-31-32-71(73(50-69)110(103,104)82(84,85)86)89-65(34-37-92-46-48-107-49-47-92)54-108-68-15-10-8-11-16-68/h8,10-11,15-16,19-32,50,53,56-57,65,67,72,76,89H,7,9,12-14,17-18,33-49,51-52,54-55H2,1-6H3,(H,88,101)(H,90,99)(H,91,100)/t57-,65+,67?,72-,76+,81?/m0/s1. The highest BCUT2D eigenvalue weighted by Gasteiger charge is 2.49. The molecular formula is C82H105ClF3N11O10S4. The molecule has 0 radical (unpaired) electrons. The lowest BCUT2D eigenvalue weighted by molar-refractivity contribution is -0.144. The van der Waals surface area contributed by atoms with Gasteiger partial charge in [-0.1, -0.05) is 112 Å². The number of thiazole rings is 1. The Morgan fingerprint density at radius 1 is 0.784 bits per heavy atom. The third-order valence-electron chi connectivity index (χ3n) is 22.1. The maximum absolute atomic E-state index is 14.4. The first kappa shape index (κ1) is 84.7. The SMILES string of the molecule is Cc1ncsc1-c1ccc([C@H](C)NC(=O)[C@@H]2CCCN2C(=O)[C@@H](NC(=O)CCCCCC(C=O)N2CCN(CC3(C)CCC(c4ccc(Cl)cc4)=C(CN4CCN(c5ccc(C(=O)NS(=O)(=O)c6ccc(N[C@H](CCN7CCOCC7)CSc7ccccc7)c(S(=O)(=O)C(F)(F)F)c6)cc5)CC4)C3)CC2)C(C)(C)C)cc1. The summed E-state index contributed by atoms with van der Waals surface area (Å²) in [6.45, 7) is 23.1. The Kier molecular flexibility index (Phi) is 28.8. The van der Waals surface area contributed by atoms with Crippen LogP contribution in [0.1, 0.15) is 138 Å². The molecule has 29 heteroatoms. The van der Waals surface area contributed by atoms with Crippen molar-refractivity contribution in [3.63, 3.8) is 0 Å². The summed E-state index contributed by atoms with van der Waals surface area (Å²) in [5, 5.41) is 9.87. The number of sulfonamides is 1. The molecule has 5 aliphatic rings. The van der Waals surface area contributed by atoms with Crippen LogP contribution in [0.2, 0.25) is 5.02 Å². The Labute approximate surface area is 665 Å². The van der Waals surface area contributed by atoms with E-state index in [0.29, 0.717) is 101 Å². The lowest BCUT2D eigenvalue weighted by atomic mass is 9.71. The molecule has 4 amide bonds. The quantitative estimate of drug-likeness (QED) is 0.0174. The van der Waals surface area contributed by atoms with Crippen molar-refractivity contribution in [2.24, 2.45) is 10.8 Å². The van der Waals surface area contributed by atoms with Gasteiger partial charge < -0.3 is 40.2 Å². The number of ether oxygens (including phenoxy) is 1. The number of alkyl halides is 3. The number of morpholine rings is 1. The molecule has 6 aromatic rings. The Hall–Kier alpha value is -7.25. The van der Waals surface area contributed by atoms with Gasteiger partial charge in [0.25, 0.3) is 25.8 Å². The summed E-state index contributed by atoms with van der Waals surface area (Å²) in [6, 6.07) is 31.8. The molecule has 4 N–H and O–H groups in total. The molecule has 0 bridgehead atoms. The van der Waals surface area contributed by atoms with Gasteiger partial charge in [0.05, 0.1) is 52.0 Å². The van der Waals surface area contributed by atoms with Crippen LogP contribution in [0.4, 0.5) is 24.5 Å². The largest absolute Gasteiger partial charge is 0.501 e. The van der Waals surface area contributed by atoms with E-state index in [4.69, 9.17) is 16.3 Å². The number of nitrogens with one attached hydrogen (secondary N) is 4. The second kappa shape index (κ2) is 37.8. The van der Waals surface area contributed by atoms with Crippen molar-refractivity contribution in [1.82, 2.24) is 44.8 Å². The van der Waals surface area contributed by atoms with Crippen LogP contribution in [0, 0.1) is 17.8 Å². The number of rotatable bonds is 32. The molecule has 11 rings (SSSR count). The van der Waals surface area contributed by atoms with Crippen molar-refractivity contribution in [2.75, 3.05) is 121 Å². The van der Waals surface area contributed by atoms with Crippen molar-refractivity contribution in [3.05, 3.63) is 160 Å². The Morgan fingerprint density at radius 3 is 2.13 bits per heavy atom. The van der Waals surface area contributed by atoms with E-state index < -0.39 is 70.3 Å². The van der Waals surface area contributed by atoms with Crippen molar-refractivity contribution < 1.29 is 58.7 Å². The van der Waals surface area contributed by atoms with Crippen molar-refractivity contribution in [3.8, 4) is 10.4 Å². The van der Waals surface area contributed by atoms with E-state index in [2.05, 4.69) is 64.5 Å². The van der Waals surface area contributed by atoms with E-state index >= 15 is 0 Å². The number of piperazine rings is 2. The zero-order valence-corrected chi connectivity index (χ0v) is 68.3. The van der Waals surface area contributed by atoms with E-state index in [1.165, 1.54) is 35.0 Å². The predicted molar refractivity (Wildman–Crippen MR) is 432 cm³/mol. The highest BCUT2D eigenvalue weighted by atomic mass is 35.5. The second-order valence-corrected chi connectivity index (χ2v) is 37.4. The number of aryl methyl sites for hydroxylation is 1. The highest BCUT2D eigenvalue weighted by Crippen LogP contribution is 2.45. The number of allylic oxidation sites excluding steroid dienone is 1. The second-order valence-electron chi connectivity index (χ2n) is 31.4. The minimum absolute atomic E-state index is 0.0174. The van der Waals surface area contributed by atoms with Crippen LogP contribution in [0.25, 0.3) is 16.0 Å². The smallest absolute Gasteiger partial charge is 0.380 e. The predicted octanol–water partition coefficient (Wildman–Crippen LogP) is 12.8. The van der Waals surface area contributed by atoms with E-state index in [1.807, 2.05) is 112 Å². The third kappa shape index (κ3) is 22.4. The maximum atomic E-state index is 14.4. The fourth-order valence-corrected chi connectivity index (χ4v) is 19.7. The normalized spacial score (nSPS) is 20.0. The summed E-state index contributed by atoms with van der Waals surface area (Å²) < 4.78 is 105. The zero-order chi connectivity index (χ0) is 79.3. The molecule has 6 atom stereocenters. The number of sulfone groups is 1. The number of anilines is 2. The Balaban J connectivity index is 0.632. The summed E-state index contributed by atoms with van der Waals surface area (Å²) in [7, 11) is -11.0. The van der Waals surface area contributed by atoms with Gasteiger partial charge in [-0.2, -0.15) is 13.2 Å². The fourth-order valence-electron chi connectivity index (χ4n) is 15.7. The number of hydrogen-bond acceptors (Lipinski definition) is 19. The Morgan fingerprint density at radius 2 is 1.47 bits per heavy atom. The highest BCUT2D eigenvalue weighted by molar-refractivity contribution is 7.99. The van der Waals surface area contributed by atoms with E-state index in [0.717, 1.165) is 141 Å². The monoisotopic (exact) mass is 1620 g/mol. The van der Waals surface area contributed by atoms with Gasteiger partial charge in [0.15, 0.2) is 0 Å². The summed E-state index contributed by atoms with van der Waals surface area (Å²) in [6.07, 6.45) is 8.56. The molecule has 1 aliphatic carbocycles. The number of benzene rings is 5. The summed E-state index contributed by atoms with van der Waals surface area (Å²) in [5.41, 5.74) is 2.65. The van der Waals surface area contributed by atoms with Gasteiger partial charge in [-0.25, -0.2) is 26.5 Å². The first-order chi connectivity index (χ1) is 52.9. The summed E-state index contributed by atoms with van der Waals surface area (Å²) in [5.74, 6) is -1.39. The van der Waals surface area contributed by atoms with Gasteiger partial charge in [0.1, 0.15) is 23.3 Å². The number of amides is 4. The molecule has 111 heavy (non-hydrogen) atoms. The van der Waals surface area contributed by atoms with Gasteiger partial charge in [0.2, 0.25) is 17.7 Å². The van der Waals surface area contributed by atoms with Crippen LogP contribution in [0.3, 0.4) is 0 Å². The number of unbranched alkanes of at least 4 members (excludes halogenated alkanes) is 2. The molecule has 5 heterocycles. The Bertz CT molecular complexity index is 4440. The average molecular weight is 1630 g/mol. The summed E-state index contributed by atoms with van der Waals surface area (Å²) >= 11 is 9.44. The number of hydrogen-bond donors (Lipinski definition) is 4. The van der Waals surface area contributed by atoms with E-state index in [9.17, 15) is 54.0 Å². The van der Waals surface area contributed by atoms with Crippen LogP contribution >= 0.6 is 34.7 Å². The maximum Gasteiger partial charge on any atom is 0.501 e. The van der Waals surface area contributed by atoms with Crippen LogP contribution in [0.15, 0.2) is 147 Å². The fraction of sp³-hybridized carbons (Fsp3) is 0.512. The van der Waals surface area contributed by atoms with Gasteiger partial charge in [-0.15, -0.1) is 23.1 Å². The van der Waals surface area contributed by atoms with Gasteiger partial charge in [-0.05, 0) is 165 Å². The molecular weight excluding hydrogens is 1520 g/mol. The number of carbonyl (C=O) groups excluding carboxylic acids is 5. The lowest BCUT2D eigenvalue weighted by Gasteiger charge is -2.45. The van der Waals surface area contributed by atoms with Crippen molar-refractivity contribution in [2.45, 2.75) is 163 Å². The first-order valence-corrected chi connectivity index (χ1v) is 43.8. The number of carbonyl (C=O) groups is 5. The number of aromatic nitrogens is 1. The molecule has 1 aromatic heterocycles. The third-order valence-corrected chi connectivity index (χ3v) is 27.4. The molecule has 4 saturated heterocycles. The summed E-state index contributed by atoms with van der Waals surface area (Å²) in [4.78, 5) is 85.6. The molecule has 4 fully saturated rings. The molecule has 2 unspecified atom stereocenters. The van der Waals surface area contributed by atoms with E-state index in [1.54, 1.807) is 28.4 Å². The molecule has 600 valence electrons. The molecule has 0 spiro atoms. The van der Waals surface area contributed by atoms with Gasteiger partial charge in [-0.3, -0.25) is 33.9 Å². The van der Waals surface area contributed by atoms with Crippen molar-refractivity contribution >= 4 is 101 Å². The van der Waals surface area contributed by atoms with Gasteiger partial charge >= 0.3 is 5.51 Å². The minimum Gasteiger partial charge on any atom is -0.380 e. The zero-order valence-electron chi connectivity index (χ0n) is 64.2. The van der Waals surface area contributed by atoms with Crippen LogP contribution in [-0.4, -0.2) is 217 Å². The number of thioether (sulfide) groups is 1. The van der Waals surface area contributed by atoms with Crippen molar-refractivity contribution in [1.29, 1.82) is 0 Å². The lowest BCUT2D eigenvalue weighted by Crippen LogP contribution is -2.57. The minimum atomic E-state index is -6.11. The van der Waals surface area contributed by atoms with E-state index in [-0.39, 0.29) is 47.2 Å². The van der Waals surface area contributed by atoms with Crippen LogP contribution in [-0.2, 0) is 43.8 Å². The van der Waals surface area contributed by atoms with Crippen LogP contribution in [0.5, 0.6) is 0 Å². The average Bonchev–Trinajstić information content (AvgIpc) is 1.60. The number of nitrogens with zero attached hydrogens (tertiary/aromatic N) is 7. The molecule has 21 nitrogen and oxygen atoms in total. The number of likely N-dealkylation sites (tertiary alicyclic amines) is 1. The topological polar surface area (TPSA) is 243 Å².